The third-order valence-electron chi connectivity index (χ3n) is 3.59. The summed E-state index contributed by atoms with van der Waals surface area (Å²) < 4.78 is 33.0. The first-order chi connectivity index (χ1) is 12.5. The van der Waals surface area contributed by atoms with Gasteiger partial charge in [0.25, 0.3) is 0 Å². The summed E-state index contributed by atoms with van der Waals surface area (Å²) in [5.74, 6) is -2.18. The predicted octanol–water partition coefficient (Wildman–Crippen LogP) is 2.74. The monoisotopic (exact) mass is 363 g/mol. The number of hydrazine groups is 1. The fourth-order valence-electron chi connectivity index (χ4n) is 2.32. The minimum Gasteiger partial charge on any atom is -0.465 e. The molecule has 2 amide bonds. The van der Waals surface area contributed by atoms with E-state index in [0.717, 1.165) is 13.2 Å². The minimum absolute atomic E-state index is 0.0314. The fraction of sp³-hybridized carbons (Fsp3) is 0.222. The Balaban J connectivity index is 2.24. The number of hydrogen-bond donors (Lipinski definition) is 3. The third-order valence-corrected chi connectivity index (χ3v) is 3.59. The van der Waals surface area contributed by atoms with Gasteiger partial charge in [-0.15, -0.1) is 0 Å². The maximum absolute atomic E-state index is 14.4. The highest BCUT2D eigenvalue weighted by Gasteiger charge is 2.19. The molecule has 0 saturated carbocycles. The lowest BCUT2D eigenvalue weighted by Gasteiger charge is -2.12. The topological polar surface area (TPSA) is 79.5 Å². The molecule has 0 radical (unpaired) electrons. The van der Waals surface area contributed by atoms with Gasteiger partial charge in [0.05, 0.1) is 7.11 Å². The van der Waals surface area contributed by atoms with Crippen LogP contribution in [0.5, 0.6) is 0 Å². The van der Waals surface area contributed by atoms with Crippen LogP contribution in [0.25, 0.3) is 11.1 Å². The average Bonchev–Trinajstić information content (AvgIpc) is 2.64. The second-order valence-corrected chi connectivity index (χ2v) is 5.30. The van der Waals surface area contributed by atoms with Crippen LogP contribution in [0.1, 0.15) is 22.8 Å². The first kappa shape index (κ1) is 19.3. The van der Waals surface area contributed by atoms with Crippen LogP contribution in [-0.2, 0) is 11.3 Å². The SMILES string of the molecule is CCNNC(=O)NCc1ccc(-c2cccc(F)c2C(=O)OC)cc1F. The number of carbonyl (C=O) groups excluding carboxylic acids is 2. The number of hydrogen-bond acceptors (Lipinski definition) is 4. The van der Waals surface area contributed by atoms with Crippen LogP contribution in [0.15, 0.2) is 36.4 Å². The Hall–Kier alpha value is -3.00. The molecule has 0 aliphatic rings. The van der Waals surface area contributed by atoms with Crippen LogP contribution < -0.4 is 16.2 Å². The van der Waals surface area contributed by atoms with Crippen LogP contribution >= 0.6 is 0 Å². The van der Waals surface area contributed by atoms with E-state index in [9.17, 15) is 18.4 Å². The maximum atomic E-state index is 14.4. The highest BCUT2D eigenvalue weighted by atomic mass is 19.1. The van der Waals surface area contributed by atoms with Crippen LogP contribution in [0, 0.1) is 11.6 Å². The molecular formula is C18H19F2N3O3. The van der Waals surface area contributed by atoms with E-state index in [1.165, 1.54) is 24.3 Å². The number of esters is 1. The summed E-state index contributed by atoms with van der Waals surface area (Å²) in [5.41, 5.74) is 5.53. The Kier molecular flexibility index (Phi) is 6.62. The van der Waals surface area contributed by atoms with Gasteiger partial charge in [0.1, 0.15) is 17.2 Å². The van der Waals surface area contributed by atoms with Crippen molar-refractivity contribution in [2.75, 3.05) is 13.7 Å². The summed E-state index contributed by atoms with van der Waals surface area (Å²) in [5, 5.41) is 2.50. The van der Waals surface area contributed by atoms with E-state index < -0.39 is 23.6 Å². The number of carbonyl (C=O) groups is 2. The highest BCUT2D eigenvalue weighted by molar-refractivity contribution is 5.97. The van der Waals surface area contributed by atoms with Crippen LogP contribution in [0.2, 0.25) is 0 Å². The number of benzene rings is 2. The van der Waals surface area contributed by atoms with Crippen molar-refractivity contribution >= 4 is 12.0 Å². The van der Waals surface area contributed by atoms with E-state index in [-0.39, 0.29) is 23.2 Å². The molecule has 3 N–H and O–H groups in total. The summed E-state index contributed by atoms with van der Waals surface area (Å²) in [7, 11) is 1.15. The van der Waals surface area contributed by atoms with Gasteiger partial charge in [-0.05, 0) is 23.3 Å². The number of halogens is 2. The molecule has 0 fully saturated rings. The Morgan fingerprint density at radius 1 is 1.12 bits per heavy atom. The van der Waals surface area contributed by atoms with Crippen LogP contribution in [-0.4, -0.2) is 25.7 Å². The molecule has 0 heterocycles. The Labute approximate surface area is 149 Å². The van der Waals surface area contributed by atoms with E-state index in [1.807, 2.05) is 6.92 Å². The molecule has 2 aromatic carbocycles. The summed E-state index contributed by atoms with van der Waals surface area (Å²) in [6, 6.07) is 7.76. The molecule has 26 heavy (non-hydrogen) atoms. The van der Waals surface area contributed by atoms with Gasteiger partial charge < -0.3 is 10.1 Å². The molecule has 0 unspecified atom stereocenters. The van der Waals surface area contributed by atoms with Crippen molar-refractivity contribution in [2.24, 2.45) is 0 Å². The zero-order chi connectivity index (χ0) is 19.1. The van der Waals surface area contributed by atoms with Crippen LogP contribution in [0.3, 0.4) is 0 Å². The van der Waals surface area contributed by atoms with E-state index in [1.54, 1.807) is 6.07 Å². The predicted molar refractivity (Wildman–Crippen MR) is 92.2 cm³/mol. The molecule has 0 aliphatic heterocycles. The smallest absolute Gasteiger partial charge is 0.341 e. The van der Waals surface area contributed by atoms with Gasteiger partial charge >= 0.3 is 12.0 Å². The second kappa shape index (κ2) is 8.91. The zero-order valence-corrected chi connectivity index (χ0v) is 14.4. The van der Waals surface area contributed by atoms with E-state index >= 15 is 0 Å². The zero-order valence-electron chi connectivity index (χ0n) is 14.4. The largest absolute Gasteiger partial charge is 0.465 e. The number of methoxy groups -OCH3 is 1. The van der Waals surface area contributed by atoms with Crippen molar-refractivity contribution in [3.63, 3.8) is 0 Å². The molecular weight excluding hydrogens is 344 g/mol. The van der Waals surface area contributed by atoms with Gasteiger partial charge in [0.15, 0.2) is 0 Å². The second-order valence-electron chi connectivity index (χ2n) is 5.30. The number of amides is 2. The Bertz CT molecular complexity index is 812. The third kappa shape index (κ3) is 4.54. The first-order valence-corrected chi connectivity index (χ1v) is 7.90. The first-order valence-electron chi connectivity index (χ1n) is 7.90. The minimum atomic E-state index is -0.843. The molecule has 6 nitrogen and oxygen atoms in total. The van der Waals surface area contributed by atoms with Gasteiger partial charge in [-0.3, -0.25) is 5.43 Å². The molecule has 2 rings (SSSR count). The summed E-state index contributed by atoms with van der Waals surface area (Å²) in [6.07, 6.45) is 0. The summed E-state index contributed by atoms with van der Waals surface area (Å²) in [4.78, 5) is 23.3. The van der Waals surface area contributed by atoms with Gasteiger partial charge in [-0.1, -0.05) is 31.2 Å². The lowest BCUT2D eigenvalue weighted by atomic mass is 9.98. The molecule has 8 heteroatoms. The molecule has 0 atom stereocenters. The lowest BCUT2D eigenvalue weighted by molar-refractivity contribution is 0.0596. The molecule has 2 aromatic rings. The Morgan fingerprint density at radius 2 is 1.88 bits per heavy atom. The van der Waals surface area contributed by atoms with Crippen molar-refractivity contribution in [2.45, 2.75) is 13.5 Å². The normalized spacial score (nSPS) is 10.3. The van der Waals surface area contributed by atoms with Crippen molar-refractivity contribution < 1.29 is 23.1 Å². The van der Waals surface area contributed by atoms with Crippen molar-refractivity contribution in [1.82, 2.24) is 16.2 Å². The van der Waals surface area contributed by atoms with Gasteiger partial charge in [0, 0.05) is 18.7 Å². The standard InChI is InChI=1S/C18H19F2N3O3/c1-3-22-23-18(25)21-10-12-8-7-11(9-15(12)20)13-5-4-6-14(19)16(13)17(24)26-2/h4-9,22H,3,10H2,1-2H3,(H2,21,23,25). The molecule has 0 spiro atoms. The van der Waals surface area contributed by atoms with Gasteiger partial charge in [-0.25, -0.2) is 23.8 Å². The maximum Gasteiger partial charge on any atom is 0.341 e. The van der Waals surface area contributed by atoms with E-state index in [0.29, 0.717) is 12.1 Å². The number of ether oxygens (including phenoxy) is 1. The van der Waals surface area contributed by atoms with Crippen molar-refractivity contribution in [1.29, 1.82) is 0 Å². The van der Waals surface area contributed by atoms with Gasteiger partial charge in [0.2, 0.25) is 0 Å². The molecule has 0 aliphatic carbocycles. The number of nitrogens with one attached hydrogen (secondary N) is 3. The average molecular weight is 363 g/mol. The Morgan fingerprint density at radius 3 is 2.54 bits per heavy atom. The van der Waals surface area contributed by atoms with Crippen molar-refractivity contribution in [3.05, 3.63) is 59.2 Å². The molecule has 0 saturated heterocycles. The van der Waals surface area contributed by atoms with E-state index in [4.69, 9.17) is 0 Å². The highest BCUT2D eigenvalue weighted by Crippen LogP contribution is 2.28. The lowest BCUT2D eigenvalue weighted by Crippen LogP contribution is -2.43. The van der Waals surface area contributed by atoms with Crippen molar-refractivity contribution in [3.8, 4) is 11.1 Å². The van der Waals surface area contributed by atoms with Crippen LogP contribution in [0.4, 0.5) is 13.6 Å². The number of urea groups is 1. The quantitative estimate of drug-likeness (QED) is 0.545. The molecule has 138 valence electrons. The molecule has 0 aromatic heterocycles. The summed E-state index contributed by atoms with van der Waals surface area (Å²) >= 11 is 0. The number of rotatable bonds is 6. The molecule has 0 bridgehead atoms. The summed E-state index contributed by atoms with van der Waals surface area (Å²) in [6.45, 7) is 2.33. The van der Waals surface area contributed by atoms with E-state index in [2.05, 4.69) is 20.9 Å². The fourth-order valence-corrected chi connectivity index (χ4v) is 2.32. The van der Waals surface area contributed by atoms with Gasteiger partial charge in [-0.2, -0.15) is 0 Å².